The first-order chi connectivity index (χ1) is 20.0. The van der Waals surface area contributed by atoms with Gasteiger partial charge in [-0.05, 0) is 97.4 Å². The number of rotatable bonds is 8. The largest absolute Gasteiger partial charge is 0.497 e. The Labute approximate surface area is 250 Å². The number of methoxy groups -OCH3 is 1. The van der Waals surface area contributed by atoms with Crippen molar-refractivity contribution in [1.82, 2.24) is 19.7 Å². The highest BCUT2D eigenvalue weighted by Gasteiger charge is 2.18. The number of nitrogens with zero attached hydrogens (tertiary/aromatic N) is 4. The number of halogens is 1. The van der Waals surface area contributed by atoms with Crippen LogP contribution in [0.25, 0.3) is 37.9 Å². The Bertz CT molecular complexity index is 1830. The molecule has 0 unspecified atom stereocenters. The normalized spacial score (nSPS) is 11.1. The molecule has 0 bridgehead atoms. The molecule has 0 saturated carbocycles. The molecule has 0 atom stereocenters. The first-order valence-corrected chi connectivity index (χ1v) is 14.9. The van der Waals surface area contributed by atoms with E-state index in [1.807, 2.05) is 83.4 Å². The fourth-order valence-electron chi connectivity index (χ4n) is 4.29. The van der Waals surface area contributed by atoms with Gasteiger partial charge in [-0.15, -0.1) is 21.5 Å². The van der Waals surface area contributed by atoms with E-state index in [4.69, 9.17) is 21.3 Å². The highest BCUT2D eigenvalue weighted by Crippen LogP contribution is 2.32. The molecular formula is C31H24ClN5O2S2. The predicted octanol–water partition coefficient (Wildman–Crippen LogP) is 7.91. The molecule has 2 aromatic heterocycles. The Balaban J connectivity index is 1.17. The number of nitrogens with one attached hydrogen (secondary N) is 1. The van der Waals surface area contributed by atoms with Crippen molar-refractivity contribution in [2.75, 3.05) is 18.2 Å². The van der Waals surface area contributed by atoms with Crippen molar-refractivity contribution >= 4 is 56.5 Å². The van der Waals surface area contributed by atoms with E-state index in [0.717, 1.165) is 43.5 Å². The highest BCUT2D eigenvalue weighted by molar-refractivity contribution is 7.99. The third-order valence-electron chi connectivity index (χ3n) is 6.36. The van der Waals surface area contributed by atoms with Crippen molar-refractivity contribution in [1.29, 1.82) is 0 Å². The van der Waals surface area contributed by atoms with Crippen LogP contribution in [0, 0.1) is 6.92 Å². The van der Waals surface area contributed by atoms with Crippen molar-refractivity contribution in [3.8, 4) is 33.4 Å². The van der Waals surface area contributed by atoms with Crippen LogP contribution in [0.3, 0.4) is 0 Å². The van der Waals surface area contributed by atoms with Crippen LogP contribution in [0.5, 0.6) is 5.75 Å². The van der Waals surface area contributed by atoms with Crippen LogP contribution in [0.1, 0.15) is 5.56 Å². The summed E-state index contributed by atoms with van der Waals surface area (Å²) in [6.07, 6.45) is 0. The number of amides is 1. The number of ether oxygens (including phenoxy) is 1. The van der Waals surface area contributed by atoms with Gasteiger partial charge in [0.1, 0.15) is 10.8 Å². The van der Waals surface area contributed by atoms with E-state index < -0.39 is 0 Å². The summed E-state index contributed by atoms with van der Waals surface area (Å²) in [4.78, 5) is 17.6. The Hall–Kier alpha value is -4.18. The van der Waals surface area contributed by atoms with Crippen LogP contribution in [-0.4, -0.2) is 38.5 Å². The standard InChI is InChI=1S/C31H24ClN5O2S2/c1-19-3-16-26-27(17-19)41-30(34-26)21-4-10-23(11-5-21)33-28(38)18-40-31-36-35-29(20-6-14-25(39-2)15-7-20)37(31)24-12-8-22(32)9-13-24/h3-17H,18H2,1-2H3,(H,33,38). The Morgan fingerprint density at radius 1 is 0.951 bits per heavy atom. The molecule has 2 heterocycles. The van der Waals surface area contributed by atoms with Crippen LogP contribution >= 0.6 is 34.7 Å². The lowest BCUT2D eigenvalue weighted by molar-refractivity contribution is -0.113. The van der Waals surface area contributed by atoms with Gasteiger partial charge in [0.15, 0.2) is 11.0 Å². The summed E-state index contributed by atoms with van der Waals surface area (Å²) in [7, 11) is 1.63. The van der Waals surface area contributed by atoms with Crippen LogP contribution < -0.4 is 10.1 Å². The number of thiazole rings is 1. The summed E-state index contributed by atoms with van der Waals surface area (Å²) in [5.74, 6) is 1.42. The fourth-order valence-corrected chi connectivity index (χ4v) is 6.24. The molecule has 0 radical (unpaired) electrons. The lowest BCUT2D eigenvalue weighted by Crippen LogP contribution is -2.14. The number of hydrogen-bond donors (Lipinski definition) is 1. The lowest BCUT2D eigenvalue weighted by Gasteiger charge is -2.11. The topological polar surface area (TPSA) is 81.9 Å². The van der Waals surface area contributed by atoms with Crippen molar-refractivity contribution in [3.63, 3.8) is 0 Å². The molecule has 0 saturated heterocycles. The van der Waals surface area contributed by atoms with Crippen LogP contribution in [0.2, 0.25) is 5.02 Å². The Morgan fingerprint density at radius 3 is 2.41 bits per heavy atom. The van der Waals surface area contributed by atoms with Crippen molar-refractivity contribution in [3.05, 3.63) is 102 Å². The van der Waals surface area contributed by atoms with Gasteiger partial charge in [0.2, 0.25) is 5.91 Å². The maximum atomic E-state index is 12.9. The summed E-state index contributed by atoms with van der Waals surface area (Å²) in [5, 5.41) is 14.0. The quantitative estimate of drug-likeness (QED) is 0.180. The summed E-state index contributed by atoms with van der Waals surface area (Å²) in [6, 6.07) is 29.0. The number of hydrogen-bond acceptors (Lipinski definition) is 7. The fraction of sp³-hybridized carbons (Fsp3) is 0.0968. The minimum Gasteiger partial charge on any atom is -0.497 e. The number of carbonyl (C=O) groups excluding carboxylic acids is 1. The molecule has 0 fully saturated rings. The zero-order chi connectivity index (χ0) is 28.3. The van der Waals surface area contributed by atoms with Gasteiger partial charge in [-0.25, -0.2) is 4.98 Å². The molecular weight excluding hydrogens is 574 g/mol. The Kier molecular flexibility index (Phi) is 7.74. The molecule has 0 aliphatic rings. The van der Waals surface area contributed by atoms with Crippen LogP contribution in [0.4, 0.5) is 5.69 Å². The van der Waals surface area contributed by atoms with Gasteiger partial charge >= 0.3 is 0 Å². The minimum atomic E-state index is -0.144. The second-order valence-electron chi connectivity index (χ2n) is 9.25. The van der Waals surface area contributed by atoms with Gasteiger partial charge in [-0.3, -0.25) is 9.36 Å². The molecule has 41 heavy (non-hydrogen) atoms. The zero-order valence-corrected chi connectivity index (χ0v) is 24.6. The molecule has 0 aliphatic heterocycles. The first-order valence-electron chi connectivity index (χ1n) is 12.7. The van der Waals surface area contributed by atoms with Crippen LogP contribution in [-0.2, 0) is 4.79 Å². The number of anilines is 1. The summed E-state index contributed by atoms with van der Waals surface area (Å²) in [6.45, 7) is 2.08. The Morgan fingerprint density at radius 2 is 1.68 bits per heavy atom. The lowest BCUT2D eigenvalue weighted by atomic mass is 10.2. The van der Waals surface area contributed by atoms with E-state index in [9.17, 15) is 4.79 Å². The highest BCUT2D eigenvalue weighted by atomic mass is 35.5. The van der Waals surface area contributed by atoms with Crippen molar-refractivity contribution in [2.45, 2.75) is 12.1 Å². The van der Waals surface area contributed by atoms with Crippen molar-refractivity contribution < 1.29 is 9.53 Å². The number of aryl methyl sites for hydroxylation is 1. The molecule has 10 heteroatoms. The maximum absolute atomic E-state index is 12.9. The van der Waals surface area contributed by atoms with Gasteiger partial charge < -0.3 is 10.1 Å². The monoisotopic (exact) mass is 597 g/mol. The van der Waals surface area contributed by atoms with E-state index in [2.05, 4.69) is 34.6 Å². The molecule has 204 valence electrons. The molecule has 1 N–H and O–H groups in total. The average Bonchev–Trinajstić information content (AvgIpc) is 3.61. The van der Waals surface area contributed by atoms with Gasteiger partial charge in [-0.2, -0.15) is 0 Å². The van der Waals surface area contributed by atoms with E-state index in [0.29, 0.717) is 16.0 Å². The zero-order valence-electron chi connectivity index (χ0n) is 22.2. The molecule has 0 aliphatic carbocycles. The maximum Gasteiger partial charge on any atom is 0.234 e. The third kappa shape index (κ3) is 5.97. The molecule has 1 amide bonds. The summed E-state index contributed by atoms with van der Waals surface area (Å²) >= 11 is 9.11. The molecule has 6 aromatic rings. The van der Waals surface area contributed by atoms with E-state index in [-0.39, 0.29) is 11.7 Å². The van der Waals surface area contributed by atoms with Gasteiger partial charge in [0, 0.05) is 27.5 Å². The predicted molar refractivity (Wildman–Crippen MR) is 168 cm³/mol. The smallest absolute Gasteiger partial charge is 0.234 e. The average molecular weight is 598 g/mol. The number of aromatic nitrogens is 4. The number of benzene rings is 4. The van der Waals surface area contributed by atoms with E-state index in [1.54, 1.807) is 18.4 Å². The third-order valence-corrected chi connectivity index (χ3v) is 8.61. The SMILES string of the molecule is COc1ccc(-c2nnc(SCC(=O)Nc3ccc(-c4nc5ccc(C)cc5s4)cc3)n2-c2ccc(Cl)cc2)cc1. The second kappa shape index (κ2) is 11.7. The van der Waals surface area contributed by atoms with Gasteiger partial charge in [0.25, 0.3) is 0 Å². The number of thioether (sulfide) groups is 1. The number of fused-ring (bicyclic) bond motifs is 1. The van der Waals surface area contributed by atoms with E-state index >= 15 is 0 Å². The van der Waals surface area contributed by atoms with Gasteiger partial charge in [0.05, 0.1) is 23.1 Å². The van der Waals surface area contributed by atoms with Gasteiger partial charge in [-0.1, -0.05) is 29.4 Å². The molecule has 4 aromatic carbocycles. The summed E-state index contributed by atoms with van der Waals surface area (Å²) in [5.41, 5.74) is 5.65. The first kappa shape index (κ1) is 27.0. The number of carbonyl (C=O) groups is 1. The second-order valence-corrected chi connectivity index (χ2v) is 11.7. The molecule has 0 spiro atoms. The minimum absolute atomic E-state index is 0.144. The molecule has 7 nitrogen and oxygen atoms in total. The van der Waals surface area contributed by atoms with E-state index in [1.165, 1.54) is 17.3 Å². The van der Waals surface area contributed by atoms with Crippen molar-refractivity contribution in [2.24, 2.45) is 0 Å². The molecule has 6 rings (SSSR count). The summed E-state index contributed by atoms with van der Waals surface area (Å²) < 4.78 is 8.37. The van der Waals surface area contributed by atoms with Crippen LogP contribution in [0.15, 0.2) is 96.2 Å².